The molecule has 2 aromatic rings. The number of pyridine rings is 1. The summed E-state index contributed by atoms with van der Waals surface area (Å²) in [4.78, 5) is 8.91. The molecule has 0 aromatic carbocycles. The van der Waals surface area contributed by atoms with Crippen LogP contribution in [-0.2, 0) is 0 Å². The number of nitrogen functional groups attached to an aromatic ring is 1. The summed E-state index contributed by atoms with van der Waals surface area (Å²) < 4.78 is 2.12. The minimum Gasteiger partial charge on any atom is -0.369 e. The van der Waals surface area contributed by atoms with Crippen molar-refractivity contribution < 1.29 is 0 Å². The van der Waals surface area contributed by atoms with Gasteiger partial charge in [-0.3, -0.25) is 4.57 Å². The Morgan fingerprint density at radius 1 is 1.41 bits per heavy atom. The molecule has 17 heavy (non-hydrogen) atoms. The lowest BCUT2D eigenvalue weighted by Gasteiger charge is -2.23. The summed E-state index contributed by atoms with van der Waals surface area (Å²) in [5.74, 6) is 3.01. The number of fused-ring (bicyclic) bond motifs is 1. The average Bonchev–Trinajstić information content (AvgIpc) is 2.65. The number of hydrogen-bond acceptors (Lipinski definition) is 4. The van der Waals surface area contributed by atoms with Crippen molar-refractivity contribution in [2.45, 2.75) is 25.8 Å². The quantitative estimate of drug-likeness (QED) is 0.842. The fourth-order valence-electron chi connectivity index (χ4n) is 2.40. The van der Waals surface area contributed by atoms with Gasteiger partial charge in [0, 0.05) is 12.2 Å². The first kappa shape index (κ1) is 10.9. The molecule has 1 aliphatic rings. The summed E-state index contributed by atoms with van der Waals surface area (Å²) in [6.45, 7) is 2.03. The normalized spacial score (nSPS) is 17.7. The van der Waals surface area contributed by atoms with Crippen LogP contribution in [0.4, 0.5) is 5.95 Å². The van der Waals surface area contributed by atoms with E-state index < -0.39 is 0 Å². The van der Waals surface area contributed by atoms with E-state index in [0.717, 1.165) is 29.6 Å². The molecule has 0 saturated carbocycles. The first-order valence-electron chi connectivity index (χ1n) is 5.93. The van der Waals surface area contributed by atoms with E-state index in [0.29, 0.717) is 12.0 Å². The second kappa shape index (κ2) is 4.22. The molecule has 2 aromatic heterocycles. The van der Waals surface area contributed by atoms with Crippen LogP contribution < -0.4 is 5.73 Å². The van der Waals surface area contributed by atoms with E-state index in [1.54, 1.807) is 0 Å². The third-order valence-electron chi connectivity index (χ3n) is 3.25. The van der Waals surface area contributed by atoms with Gasteiger partial charge >= 0.3 is 0 Å². The largest absolute Gasteiger partial charge is 0.369 e. The molecule has 0 radical (unpaired) electrons. The van der Waals surface area contributed by atoms with Crippen LogP contribution in [0.3, 0.4) is 0 Å². The van der Waals surface area contributed by atoms with Crippen LogP contribution in [0, 0.1) is 6.92 Å². The number of rotatable bonds is 1. The van der Waals surface area contributed by atoms with Crippen molar-refractivity contribution in [3.63, 3.8) is 0 Å². The minimum atomic E-state index is 0.469. The molecule has 1 aliphatic heterocycles. The van der Waals surface area contributed by atoms with Crippen molar-refractivity contribution in [1.29, 1.82) is 0 Å². The molecule has 0 bridgehead atoms. The Kier molecular flexibility index (Phi) is 2.70. The Labute approximate surface area is 105 Å². The molecule has 1 saturated heterocycles. The second-order valence-electron chi connectivity index (χ2n) is 4.54. The maximum Gasteiger partial charge on any atom is 0.202 e. The molecule has 90 valence electrons. The Balaban J connectivity index is 2.11. The maximum absolute atomic E-state index is 6.04. The Bertz CT molecular complexity index is 543. The fraction of sp³-hybridized carbons (Fsp3) is 0.500. The van der Waals surface area contributed by atoms with Gasteiger partial charge in [0.1, 0.15) is 5.52 Å². The van der Waals surface area contributed by atoms with Gasteiger partial charge in [0.2, 0.25) is 5.95 Å². The Hall–Kier alpha value is -1.23. The molecule has 4 nitrogen and oxygen atoms in total. The van der Waals surface area contributed by atoms with Gasteiger partial charge in [-0.05, 0) is 42.9 Å². The highest BCUT2D eigenvalue weighted by molar-refractivity contribution is 7.99. The molecular weight excluding hydrogens is 232 g/mol. The summed E-state index contributed by atoms with van der Waals surface area (Å²) in [5.41, 5.74) is 9.02. The van der Waals surface area contributed by atoms with Crippen LogP contribution in [0.2, 0.25) is 0 Å². The van der Waals surface area contributed by atoms with Crippen molar-refractivity contribution in [3.05, 3.63) is 17.8 Å². The standard InChI is InChI=1S/C12H16N4S/c1-8-6-10-11(14-7-8)16(12(13)15-10)9-2-4-17-5-3-9/h6-7,9H,2-5H2,1H3,(H2,13,15). The summed E-state index contributed by atoms with van der Waals surface area (Å²) >= 11 is 2.01. The molecule has 3 heterocycles. The third-order valence-corrected chi connectivity index (χ3v) is 4.30. The van der Waals surface area contributed by atoms with Crippen molar-refractivity contribution in [3.8, 4) is 0 Å². The monoisotopic (exact) mass is 248 g/mol. The van der Waals surface area contributed by atoms with E-state index in [4.69, 9.17) is 5.73 Å². The van der Waals surface area contributed by atoms with Crippen molar-refractivity contribution in [1.82, 2.24) is 14.5 Å². The van der Waals surface area contributed by atoms with E-state index in [1.807, 2.05) is 30.9 Å². The molecule has 0 spiro atoms. The number of nitrogens with two attached hydrogens (primary N) is 1. The van der Waals surface area contributed by atoms with Crippen LogP contribution >= 0.6 is 11.8 Å². The number of hydrogen-bond donors (Lipinski definition) is 1. The van der Waals surface area contributed by atoms with E-state index in [2.05, 4.69) is 14.5 Å². The van der Waals surface area contributed by atoms with Crippen molar-refractivity contribution in [2.75, 3.05) is 17.2 Å². The van der Waals surface area contributed by atoms with Crippen LogP contribution in [0.5, 0.6) is 0 Å². The highest BCUT2D eigenvalue weighted by atomic mass is 32.2. The molecular formula is C12H16N4S. The summed E-state index contributed by atoms with van der Waals surface area (Å²) in [5, 5.41) is 0. The first-order chi connectivity index (χ1) is 8.25. The predicted octanol–water partition coefficient (Wildman–Crippen LogP) is 2.39. The zero-order valence-electron chi connectivity index (χ0n) is 9.89. The zero-order chi connectivity index (χ0) is 11.8. The van der Waals surface area contributed by atoms with Crippen LogP contribution in [0.1, 0.15) is 24.4 Å². The maximum atomic E-state index is 6.04. The van der Waals surface area contributed by atoms with Gasteiger partial charge in [0.25, 0.3) is 0 Å². The summed E-state index contributed by atoms with van der Waals surface area (Å²) in [6, 6.07) is 2.52. The Morgan fingerprint density at radius 3 is 2.94 bits per heavy atom. The van der Waals surface area contributed by atoms with Crippen LogP contribution in [0.25, 0.3) is 11.2 Å². The van der Waals surface area contributed by atoms with Gasteiger partial charge in [-0.15, -0.1) is 0 Å². The highest BCUT2D eigenvalue weighted by Crippen LogP contribution is 2.31. The number of aryl methyl sites for hydroxylation is 1. The van der Waals surface area contributed by atoms with Crippen LogP contribution in [-0.4, -0.2) is 26.0 Å². The van der Waals surface area contributed by atoms with Gasteiger partial charge in [-0.2, -0.15) is 11.8 Å². The van der Waals surface area contributed by atoms with Crippen LogP contribution in [0.15, 0.2) is 12.3 Å². The Morgan fingerprint density at radius 2 is 2.18 bits per heavy atom. The molecule has 0 aliphatic carbocycles. The molecule has 1 fully saturated rings. The average molecular weight is 248 g/mol. The molecule has 0 atom stereocenters. The number of aromatic nitrogens is 3. The van der Waals surface area contributed by atoms with Gasteiger partial charge < -0.3 is 5.73 Å². The lowest BCUT2D eigenvalue weighted by atomic mass is 10.1. The SMILES string of the molecule is Cc1cnc2c(c1)nc(N)n2C1CCSCC1. The predicted molar refractivity (Wildman–Crippen MR) is 72.3 cm³/mol. The number of imidazole rings is 1. The van der Waals surface area contributed by atoms with E-state index in [9.17, 15) is 0 Å². The number of thioether (sulfide) groups is 1. The lowest BCUT2D eigenvalue weighted by molar-refractivity contribution is 0.484. The van der Waals surface area contributed by atoms with Gasteiger partial charge in [0.05, 0.1) is 0 Å². The fourth-order valence-corrected chi connectivity index (χ4v) is 3.49. The molecule has 2 N–H and O–H groups in total. The van der Waals surface area contributed by atoms with Gasteiger partial charge in [-0.25, -0.2) is 9.97 Å². The molecule has 3 rings (SSSR count). The van der Waals surface area contributed by atoms with E-state index in [-0.39, 0.29) is 0 Å². The smallest absolute Gasteiger partial charge is 0.202 e. The summed E-state index contributed by atoms with van der Waals surface area (Å²) in [7, 11) is 0. The zero-order valence-corrected chi connectivity index (χ0v) is 10.7. The minimum absolute atomic E-state index is 0.469. The van der Waals surface area contributed by atoms with E-state index in [1.165, 1.54) is 11.5 Å². The van der Waals surface area contributed by atoms with Gasteiger partial charge in [0.15, 0.2) is 5.65 Å². The molecule has 0 unspecified atom stereocenters. The number of nitrogens with zero attached hydrogens (tertiary/aromatic N) is 3. The van der Waals surface area contributed by atoms with E-state index >= 15 is 0 Å². The summed E-state index contributed by atoms with van der Waals surface area (Å²) in [6.07, 6.45) is 4.21. The van der Waals surface area contributed by atoms with Crippen molar-refractivity contribution in [2.24, 2.45) is 0 Å². The second-order valence-corrected chi connectivity index (χ2v) is 5.76. The third kappa shape index (κ3) is 1.88. The highest BCUT2D eigenvalue weighted by Gasteiger charge is 2.21. The van der Waals surface area contributed by atoms with Crippen molar-refractivity contribution >= 4 is 28.9 Å². The molecule has 0 amide bonds. The molecule has 5 heteroatoms. The van der Waals surface area contributed by atoms with Gasteiger partial charge in [-0.1, -0.05) is 0 Å². The first-order valence-corrected chi connectivity index (χ1v) is 7.09. The number of anilines is 1. The lowest BCUT2D eigenvalue weighted by Crippen LogP contribution is -2.17. The topological polar surface area (TPSA) is 56.7 Å².